The lowest BCUT2D eigenvalue weighted by atomic mass is 10.2. The smallest absolute Gasteiger partial charge is 0.243 e. The highest BCUT2D eigenvalue weighted by molar-refractivity contribution is 7.89. The van der Waals surface area contributed by atoms with Crippen LogP contribution in [0.4, 0.5) is 5.69 Å². The Labute approximate surface area is 175 Å². The third kappa shape index (κ3) is 5.80. The number of hydrogen-bond acceptors (Lipinski definition) is 3. The number of sulfonamides is 1. The van der Waals surface area contributed by atoms with Gasteiger partial charge in [-0.2, -0.15) is 4.31 Å². The van der Waals surface area contributed by atoms with Crippen LogP contribution in [0.5, 0.6) is 0 Å². The van der Waals surface area contributed by atoms with E-state index in [1.54, 1.807) is 42.5 Å². The number of thiocarbonyl (C=S) groups is 1. The Morgan fingerprint density at radius 3 is 2.26 bits per heavy atom. The van der Waals surface area contributed by atoms with Crippen LogP contribution in [0.1, 0.15) is 19.4 Å². The highest BCUT2D eigenvalue weighted by Gasteiger charge is 2.21. The molecular weight excluding hydrogens is 425 g/mol. The number of halogens is 2. The Morgan fingerprint density at radius 2 is 1.70 bits per heavy atom. The Kier molecular flexibility index (Phi) is 7.88. The van der Waals surface area contributed by atoms with Gasteiger partial charge in [0.15, 0.2) is 5.11 Å². The molecule has 0 aromatic heterocycles. The fourth-order valence-corrected chi connectivity index (χ4v) is 4.53. The summed E-state index contributed by atoms with van der Waals surface area (Å²) < 4.78 is 26.4. The summed E-state index contributed by atoms with van der Waals surface area (Å²) in [6, 6.07) is 11.8. The molecule has 2 rings (SSSR count). The van der Waals surface area contributed by atoms with Gasteiger partial charge in [-0.3, -0.25) is 0 Å². The summed E-state index contributed by atoms with van der Waals surface area (Å²) in [5.74, 6) is 0. The molecule has 0 heterocycles. The van der Waals surface area contributed by atoms with Gasteiger partial charge in [-0.25, -0.2) is 8.42 Å². The predicted molar refractivity (Wildman–Crippen MR) is 116 cm³/mol. The van der Waals surface area contributed by atoms with Crippen molar-refractivity contribution in [2.45, 2.75) is 25.3 Å². The van der Waals surface area contributed by atoms with E-state index in [1.807, 2.05) is 13.8 Å². The van der Waals surface area contributed by atoms with Gasteiger partial charge in [-0.15, -0.1) is 0 Å². The first-order valence-electron chi connectivity index (χ1n) is 8.37. The van der Waals surface area contributed by atoms with Crippen LogP contribution >= 0.6 is 35.4 Å². The second-order valence-corrected chi connectivity index (χ2v) is 8.85. The van der Waals surface area contributed by atoms with E-state index in [2.05, 4.69) is 10.6 Å². The average molecular weight is 446 g/mol. The molecular formula is C18H21Cl2N3O2S2. The molecule has 27 heavy (non-hydrogen) atoms. The first kappa shape index (κ1) is 21.9. The normalized spacial score (nSPS) is 11.4. The van der Waals surface area contributed by atoms with Crippen molar-refractivity contribution in [3.8, 4) is 0 Å². The third-order valence-electron chi connectivity index (χ3n) is 3.90. The van der Waals surface area contributed by atoms with Crippen molar-refractivity contribution in [3.05, 3.63) is 58.1 Å². The standard InChI is InChI=1S/C18H21Cl2N3O2S2/c1-3-23(4-2)27(24,25)15-8-5-13(6-9-15)12-21-18(26)22-17-10-7-14(19)11-16(17)20/h5-11H,3-4,12H2,1-2H3,(H2,21,22,26). The fourth-order valence-electron chi connectivity index (χ4n) is 2.43. The van der Waals surface area contributed by atoms with Crippen molar-refractivity contribution in [3.63, 3.8) is 0 Å². The maximum atomic E-state index is 12.5. The van der Waals surface area contributed by atoms with E-state index < -0.39 is 10.0 Å². The van der Waals surface area contributed by atoms with Crippen molar-refractivity contribution in [2.75, 3.05) is 18.4 Å². The second-order valence-electron chi connectivity index (χ2n) is 5.67. The lowest BCUT2D eigenvalue weighted by molar-refractivity contribution is 0.445. The predicted octanol–water partition coefficient (Wildman–Crippen LogP) is 4.51. The molecule has 0 bridgehead atoms. The minimum absolute atomic E-state index is 0.281. The SMILES string of the molecule is CCN(CC)S(=O)(=O)c1ccc(CNC(=S)Nc2ccc(Cl)cc2Cl)cc1. The second kappa shape index (κ2) is 9.71. The summed E-state index contributed by atoms with van der Waals surface area (Å²) >= 11 is 17.2. The molecule has 0 unspecified atom stereocenters. The lowest BCUT2D eigenvalue weighted by Crippen LogP contribution is -2.30. The van der Waals surface area contributed by atoms with E-state index in [1.165, 1.54) is 4.31 Å². The van der Waals surface area contributed by atoms with E-state index in [0.717, 1.165) is 5.56 Å². The van der Waals surface area contributed by atoms with Crippen LogP contribution in [-0.2, 0) is 16.6 Å². The van der Waals surface area contributed by atoms with Gasteiger partial charge in [0.05, 0.1) is 15.6 Å². The minimum Gasteiger partial charge on any atom is -0.358 e. The Hall–Kier alpha value is -1.38. The van der Waals surface area contributed by atoms with E-state index in [9.17, 15) is 8.42 Å². The number of hydrogen-bond donors (Lipinski definition) is 2. The van der Waals surface area contributed by atoms with Crippen LogP contribution in [-0.4, -0.2) is 30.9 Å². The molecule has 5 nitrogen and oxygen atoms in total. The van der Waals surface area contributed by atoms with Crippen LogP contribution in [0.3, 0.4) is 0 Å². The topological polar surface area (TPSA) is 61.4 Å². The van der Waals surface area contributed by atoms with Crippen LogP contribution in [0.25, 0.3) is 0 Å². The molecule has 0 aliphatic heterocycles. The van der Waals surface area contributed by atoms with E-state index in [0.29, 0.717) is 40.5 Å². The molecule has 0 fully saturated rings. The molecule has 0 radical (unpaired) electrons. The zero-order chi connectivity index (χ0) is 20.0. The lowest BCUT2D eigenvalue weighted by Gasteiger charge is -2.18. The minimum atomic E-state index is -3.45. The largest absolute Gasteiger partial charge is 0.358 e. The van der Waals surface area contributed by atoms with Gasteiger partial charge in [0.25, 0.3) is 0 Å². The Balaban J connectivity index is 1.97. The first-order chi connectivity index (χ1) is 12.8. The van der Waals surface area contributed by atoms with Crippen molar-refractivity contribution < 1.29 is 8.42 Å². The number of nitrogens with one attached hydrogen (secondary N) is 2. The maximum Gasteiger partial charge on any atom is 0.243 e. The molecule has 9 heteroatoms. The zero-order valence-electron chi connectivity index (χ0n) is 15.0. The Bertz CT molecular complexity index is 899. The molecule has 0 amide bonds. The van der Waals surface area contributed by atoms with E-state index in [-0.39, 0.29) is 4.90 Å². The fraction of sp³-hybridized carbons (Fsp3) is 0.278. The molecule has 146 valence electrons. The summed E-state index contributed by atoms with van der Waals surface area (Å²) in [4.78, 5) is 0.281. The van der Waals surface area contributed by atoms with E-state index in [4.69, 9.17) is 35.4 Å². The quantitative estimate of drug-likeness (QED) is 0.613. The molecule has 0 aliphatic rings. The van der Waals surface area contributed by atoms with Gasteiger partial charge in [0.2, 0.25) is 10.0 Å². The van der Waals surface area contributed by atoms with Gasteiger partial charge < -0.3 is 10.6 Å². The molecule has 0 saturated carbocycles. The molecule has 0 saturated heterocycles. The number of rotatable bonds is 7. The molecule has 2 aromatic carbocycles. The van der Waals surface area contributed by atoms with Gasteiger partial charge in [-0.1, -0.05) is 49.2 Å². The Morgan fingerprint density at radius 1 is 1.07 bits per heavy atom. The first-order valence-corrected chi connectivity index (χ1v) is 11.0. The summed E-state index contributed by atoms with van der Waals surface area (Å²) in [7, 11) is -3.45. The van der Waals surface area contributed by atoms with Crippen molar-refractivity contribution in [2.24, 2.45) is 0 Å². The van der Waals surface area contributed by atoms with Crippen molar-refractivity contribution >= 4 is 56.2 Å². The zero-order valence-corrected chi connectivity index (χ0v) is 18.1. The summed E-state index contributed by atoms with van der Waals surface area (Å²) in [5, 5.41) is 7.48. The van der Waals surface area contributed by atoms with Crippen LogP contribution < -0.4 is 10.6 Å². The molecule has 2 N–H and O–H groups in total. The summed E-state index contributed by atoms with van der Waals surface area (Å²) in [5.41, 5.74) is 1.55. The van der Waals surface area contributed by atoms with Crippen LogP contribution in [0.2, 0.25) is 10.0 Å². The van der Waals surface area contributed by atoms with Crippen LogP contribution in [0.15, 0.2) is 47.4 Å². The van der Waals surface area contributed by atoms with Crippen molar-refractivity contribution in [1.82, 2.24) is 9.62 Å². The third-order valence-corrected chi connectivity index (χ3v) is 6.76. The van der Waals surface area contributed by atoms with Crippen molar-refractivity contribution in [1.29, 1.82) is 0 Å². The number of anilines is 1. The van der Waals surface area contributed by atoms with Gasteiger partial charge in [-0.05, 0) is 48.1 Å². The molecule has 0 aliphatic carbocycles. The monoisotopic (exact) mass is 445 g/mol. The summed E-state index contributed by atoms with van der Waals surface area (Å²) in [6.45, 7) is 4.97. The highest BCUT2D eigenvalue weighted by atomic mass is 35.5. The van der Waals surface area contributed by atoms with Gasteiger partial charge in [0, 0.05) is 24.7 Å². The number of benzene rings is 2. The maximum absolute atomic E-state index is 12.5. The summed E-state index contributed by atoms with van der Waals surface area (Å²) in [6.07, 6.45) is 0. The van der Waals surface area contributed by atoms with E-state index >= 15 is 0 Å². The van der Waals surface area contributed by atoms with Crippen LogP contribution in [0, 0.1) is 0 Å². The molecule has 0 atom stereocenters. The van der Waals surface area contributed by atoms with Gasteiger partial charge >= 0.3 is 0 Å². The molecule has 2 aromatic rings. The van der Waals surface area contributed by atoms with Gasteiger partial charge in [0.1, 0.15) is 0 Å². The highest BCUT2D eigenvalue weighted by Crippen LogP contribution is 2.25. The average Bonchev–Trinajstić information content (AvgIpc) is 2.63. The number of nitrogens with zero attached hydrogens (tertiary/aromatic N) is 1. The molecule has 0 spiro atoms.